The molecular weight excluding hydrogens is 791 g/mol. The van der Waals surface area contributed by atoms with Crippen LogP contribution in [-0.4, -0.2) is 149 Å². The zero-order valence-electron chi connectivity index (χ0n) is 34.1. The normalized spacial score (nSPS) is 26.7. The minimum absolute atomic E-state index is 0.0816. The summed E-state index contributed by atoms with van der Waals surface area (Å²) >= 11 is 0. The predicted octanol–water partition coefficient (Wildman–Crippen LogP) is 2.58. The molecule has 62 heavy (non-hydrogen) atoms. The number of carbonyl (C=O) groups is 5. The first kappa shape index (κ1) is 38.3. The van der Waals surface area contributed by atoms with Crippen molar-refractivity contribution in [2.24, 2.45) is 38.6 Å². The molecule has 17 heteroatoms. The van der Waals surface area contributed by atoms with Crippen molar-refractivity contribution >= 4 is 53.2 Å². The maximum absolute atomic E-state index is 13.5. The third kappa shape index (κ3) is 6.56. The third-order valence-electron chi connectivity index (χ3n) is 14.0. The third-order valence-corrected chi connectivity index (χ3v) is 14.0. The topological polar surface area (TPSA) is 189 Å². The number of carbonyl (C=O) groups excluding carboxylic acids is 5. The molecule has 6 amide bonds. The summed E-state index contributed by atoms with van der Waals surface area (Å²) in [6.45, 7) is 6.30. The smallest absolute Gasteiger partial charge is 0.320 e. The van der Waals surface area contributed by atoms with Crippen LogP contribution in [0.2, 0.25) is 0 Å². The van der Waals surface area contributed by atoms with Gasteiger partial charge in [-0.2, -0.15) is 5.10 Å². The molecule has 5 fully saturated rings. The lowest BCUT2D eigenvalue weighted by Crippen LogP contribution is -2.69. The van der Waals surface area contributed by atoms with Gasteiger partial charge in [0.2, 0.25) is 11.8 Å². The van der Waals surface area contributed by atoms with Crippen molar-refractivity contribution in [2.45, 2.75) is 50.0 Å². The number of urea groups is 1. The van der Waals surface area contributed by atoms with Crippen LogP contribution in [0, 0.1) is 17.8 Å². The Labute approximate surface area is 357 Å². The molecule has 0 radical (unpaired) electrons. The molecule has 4 atom stereocenters. The second-order valence-electron chi connectivity index (χ2n) is 17.7. The Balaban J connectivity index is 0.660. The van der Waals surface area contributed by atoms with Crippen LogP contribution in [0.15, 0.2) is 87.9 Å². The molecule has 0 aliphatic carbocycles. The predicted molar refractivity (Wildman–Crippen MR) is 228 cm³/mol. The molecule has 0 bridgehead atoms. The van der Waals surface area contributed by atoms with Gasteiger partial charge in [0.25, 0.3) is 11.8 Å². The highest BCUT2D eigenvalue weighted by atomic mass is 16.5. The molecule has 17 nitrogen and oxygen atoms in total. The van der Waals surface area contributed by atoms with E-state index in [9.17, 15) is 24.0 Å². The first-order valence-corrected chi connectivity index (χ1v) is 21.6. The number of nitrogens with one attached hydrogen (secondary N) is 1. The molecular formula is C45H47N11O6. The Kier molecular flexibility index (Phi) is 9.32. The standard InChI is InChI=1S/C45H47N11O6/c46-40-38-39(26-8-11-33(12-9-26)62-32-6-2-1-3-7-32)50-56(41(38)48-25-47-40)30-5-4-16-51(22-30)31-23-54(24-31)45(61)53-20-28(21-53)27-18-52(19-27)29-10-13-34-35(17-29)44(60)55(43(34)59)36-14-15-37(57)49-42(36)58/h1-3,6-13,17,25,27-28,30-31,36,38,41H,4-5,14-16,18-24H2,(H2,46,47,48)(H,49,57,58)/t30-,36?,38?,41?/m1/s1. The maximum Gasteiger partial charge on any atom is 0.320 e. The van der Waals surface area contributed by atoms with E-state index < -0.39 is 29.7 Å². The zero-order valence-corrected chi connectivity index (χ0v) is 34.1. The minimum Gasteiger partial charge on any atom is -0.457 e. The fourth-order valence-corrected chi connectivity index (χ4v) is 10.3. The Hall–Kier alpha value is -6.62. The van der Waals surface area contributed by atoms with E-state index >= 15 is 0 Å². The SMILES string of the molecule is NC1=NC=NC2C1C(c1ccc(Oc3ccccc3)cc1)=NN2[C@@H]1CCCN(C2CN(C(=O)N3CC(C4CN(c5ccc6c(c5)C(=O)N(C5CCC(=O)NC5=O)C6=O)C4)C3)C2)C1. The largest absolute Gasteiger partial charge is 0.457 e. The summed E-state index contributed by atoms with van der Waals surface area (Å²) in [7, 11) is 0. The number of imide groups is 2. The van der Waals surface area contributed by atoms with Crippen molar-refractivity contribution in [3.63, 3.8) is 0 Å². The number of hydrazone groups is 1. The monoisotopic (exact) mass is 837 g/mol. The Morgan fingerprint density at radius 3 is 2.27 bits per heavy atom. The van der Waals surface area contributed by atoms with Gasteiger partial charge in [-0.3, -0.25) is 39.3 Å². The second-order valence-corrected chi connectivity index (χ2v) is 17.7. The van der Waals surface area contributed by atoms with E-state index in [4.69, 9.17) is 20.6 Å². The van der Waals surface area contributed by atoms with Gasteiger partial charge < -0.3 is 25.2 Å². The fraction of sp³-hybridized carbons (Fsp3) is 0.422. The van der Waals surface area contributed by atoms with Gasteiger partial charge >= 0.3 is 6.03 Å². The summed E-state index contributed by atoms with van der Waals surface area (Å²) in [5.41, 5.74) is 9.75. The first-order valence-electron chi connectivity index (χ1n) is 21.6. The van der Waals surface area contributed by atoms with Crippen LogP contribution in [0.25, 0.3) is 0 Å². The van der Waals surface area contributed by atoms with Crippen molar-refractivity contribution in [1.29, 1.82) is 0 Å². The number of hydrogen-bond donors (Lipinski definition) is 2. The summed E-state index contributed by atoms with van der Waals surface area (Å²) in [6.07, 6.45) is 3.52. The van der Waals surface area contributed by atoms with Crippen LogP contribution in [-0.2, 0) is 9.59 Å². The van der Waals surface area contributed by atoms with Gasteiger partial charge in [0.15, 0.2) is 6.17 Å². The minimum atomic E-state index is -0.987. The molecule has 0 aromatic heterocycles. The Morgan fingerprint density at radius 2 is 1.50 bits per heavy atom. The number of amides is 6. The molecule has 11 rings (SSSR count). The van der Waals surface area contributed by atoms with E-state index in [0.717, 1.165) is 85.5 Å². The number of likely N-dealkylation sites (tertiary alicyclic amines) is 3. The fourth-order valence-electron chi connectivity index (χ4n) is 10.3. The number of anilines is 1. The van der Waals surface area contributed by atoms with Gasteiger partial charge in [-0.15, -0.1) is 0 Å². The number of nitrogens with zero attached hydrogens (tertiary/aromatic N) is 9. The number of amidine groups is 1. The molecule has 5 saturated heterocycles. The van der Waals surface area contributed by atoms with E-state index in [0.29, 0.717) is 36.8 Å². The number of fused-ring (bicyclic) bond motifs is 2. The molecule has 0 saturated carbocycles. The lowest BCUT2D eigenvalue weighted by atomic mass is 9.80. The Morgan fingerprint density at radius 1 is 0.774 bits per heavy atom. The van der Waals surface area contributed by atoms with Gasteiger partial charge in [0.05, 0.1) is 22.9 Å². The summed E-state index contributed by atoms with van der Waals surface area (Å²) < 4.78 is 6.02. The molecule has 8 heterocycles. The molecule has 8 aliphatic rings. The van der Waals surface area contributed by atoms with Gasteiger partial charge in [-0.25, -0.2) is 14.8 Å². The average molecular weight is 838 g/mol. The zero-order chi connectivity index (χ0) is 42.2. The first-order chi connectivity index (χ1) is 30.2. The van der Waals surface area contributed by atoms with Crippen LogP contribution in [0.3, 0.4) is 0 Å². The van der Waals surface area contributed by atoms with E-state index in [2.05, 4.69) is 25.1 Å². The lowest BCUT2D eigenvalue weighted by Gasteiger charge is -2.54. The Bertz CT molecular complexity index is 2440. The van der Waals surface area contributed by atoms with Crippen LogP contribution in [0.1, 0.15) is 52.0 Å². The van der Waals surface area contributed by atoms with Crippen molar-refractivity contribution in [2.75, 3.05) is 57.3 Å². The number of para-hydroxylation sites is 1. The number of benzene rings is 3. The lowest BCUT2D eigenvalue weighted by molar-refractivity contribution is -0.136. The number of hydrogen-bond acceptors (Lipinski definition) is 13. The average Bonchev–Trinajstić information content (AvgIpc) is 3.73. The van der Waals surface area contributed by atoms with Crippen molar-refractivity contribution < 1.29 is 28.7 Å². The number of ether oxygens (including phenoxy) is 1. The number of nitrogens with two attached hydrogens (primary N) is 1. The van der Waals surface area contributed by atoms with Crippen LogP contribution < -0.4 is 20.7 Å². The second kappa shape index (κ2) is 15.1. The summed E-state index contributed by atoms with van der Waals surface area (Å²) in [4.78, 5) is 82.8. The molecule has 3 unspecified atom stereocenters. The summed E-state index contributed by atoms with van der Waals surface area (Å²) in [5, 5.41) is 9.58. The highest BCUT2D eigenvalue weighted by Gasteiger charge is 2.49. The van der Waals surface area contributed by atoms with Crippen LogP contribution in [0.5, 0.6) is 11.5 Å². The maximum atomic E-state index is 13.5. The number of aliphatic imine (C=N–C) groups is 2. The number of piperidine rings is 2. The highest BCUT2D eigenvalue weighted by molar-refractivity contribution is 6.24. The van der Waals surface area contributed by atoms with E-state index in [1.165, 1.54) is 0 Å². The summed E-state index contributed by atoms with van der Waals surface area (Å²) in [6, 6.07) is 22.4. The van der Waals surface area contributed by atoms with Gasteiger partial charge in [-0.05, 0) is 86.0 Å². The van der Waals surface area contributed by atoms with Gasteiger partial charge in [0, 0.05) is 75.8 Å². The van der Waals surface area contributed by atoms with Crippen molar-refractivity contribution in [1.82, 2.24) is 29.9 Å². The van der Waals surface area contributed by atoms with E-state index in [-0.39, 0.29) is 48.1 Å². The number of rotatable bonds is 8. The van der Waals surface area contributed by atoms with Crippen molar-refractivity contribution in [3.05, 3.63) is 89.5 Å². The summed E-state index contributed by atoms with van der Waals surface area (Å²) in [5.74, 6) is 0.590. The highest BCUT2D eigenvalue weighted by Crippen LogP contribution is 2.39. The van der Waals surface area contributed by atoms with Gasteiger partial charge in [0.1, 0.15) is 35.6 Å². The molecule has 3 N–H and O–H groups in total. The quantitative estimate of drug-likeness (QED) is 0.319. The molecule has 0 spiro atoms. The van der Waals surface area contributed by atoms with Crippen LogP contribution >= 0.6 is 0 Å². The van der Waals surface area contributed by atoms with E-state index in [1.54, 1.807) is 18.5 Å². The van der Waals surface area contributed by atoms with Crippen LogP contribution in [0.4, 0.5) is 10.5 Å². The molecule has 3 aromatic rings. The van der Waals surface area contributed by atoms with E-state index in [1.807, 2.05) is 70.5 Å². The molecule has 8 aliphatic heterocycles. The van der Waals surface area contributed by atoms with Gasteiger partial charge in [-0.1, -0.05) is 18.2 Å². The molecule has 3 aromatic carbocycles. The molecule has 318 valence electrons. The van der Waals surface area contributed by atoms with Crippen molar-refractivity contribution in [3.8, 4) is 11.5 Å².